The maximum Gasteiger partial charge on any atom is 0.573 e. The van der Waals surface area contributed by atoms with E-state index in [1.165, 1.54) is 43.5 Å². The second-order valence-corrected chi connectivity index (χ2v) is 7.13. The Bertz CT molecular complexity index is 846. The molecule has 1 aliphatic heterocycles. The molecular weight excluding hydrogens is 395 g/mol. The van der Waals surface area contributed by atoms with Gasteiger partial charge in [-0.25, -0.2) is 0 Å². The van der Waals surface area contributed by atoms with E-state index >= 15 is 0 Å². The summed E-state index contributed by atoms with van der Waals surface area (Å²) < 4.78 is 51.9. The molecule has 7 heteroatoms. The van der Waals surface area contributed by atoms with Crippen LogP contribution in [0.3, 0.4) is 0 Å². The first kappa shape index (κ1) is 22.1. The Morgan fingerprint density at radius 1 is 1.07 bits per heavy atom. The molecule has 1 fully saturated rings. The molecule has 30 heavy (non-hydrogen) atoms. The molecule has 0 bridgehead atoms. The van der Waals surface area contributed by atoms with E-state index in [9.17, 15) is 13.2 Å². The number of unbranched alkanes of at least 4 members (excludes halogenated alkanes) is 2. The van der Waals surface area contributed by atoms with Crippen LogP contribution in [-0.2, 0) is 9.47 Å². The monoisotopic (exact) mass is 419 g/mol. The summed E-state index contributed by atoms with van der Waals surface area (Å²) in [4.78, 5) is 4.32. The molecule has 0 atom stereocenters. The summed E-state index contributed by atoms with van der Waals surface area (Å²) in [5.41, 5.74) is 2.00. The molecule has 2 heterocycles. The van der Waals surface area contributed by atoms with Crippen molar-refractivity contribution in [2.75, 3.05) is 13.2 Å². The van der Waals surface area contributed by atoms with Crippen LogP contribution in [-0.4, -0.2) is 30.9 Å². The number of benzene rings is 1. The van der Waals surface area contributed by atoms with Gasteiger partial charge in [-0.15, -0.1) is 13.2 Å². The maximum absolute atomic E-state index is 12.2. The van der Waals surface area contributed by atoms with Gasteiger partial charge in [0, 0.05) is 23.2 Å². The molecule has 1 saturated heterocycles. The second-order valence-electron chi connectivity index (χ2n) is 7.13. The lowest BCUT2D eigenvalue weighted by molar-refractivity contribution is -0.274. The molecule has 0 amide bonds. The first-order valence-electron chi connectivity index (χ1n) is 10.00. The lowest BCUT2D eigenvalue weighted by Crippen LogP contribution is -2.31. The molecule has 4 nitrogen and oxygen atoms in total. The topological polar surface area (TPSA) is 40.6 Å². The zero-order valence-electron chi connectivity index (χ0n) is 16.7. The maximum atomic E-state index is 12.2. The van der Waals surface area contributed by atoms with Crippen LogP contribution in [0.15, 0.2) is 42.6 Å². The Morgan fingerprint density at radius 2 is 1.80 bits per heavy atom. The van der Waals surface area contributed by atoms with Gasteiger partial charge in [-0.2, -0.15) is 0 Å². The molecule has 160 valence electrons. The molecule has 0 N–H and O–H groups in total. The largest absolute Gasteiger partial charge is 0.573 e. The summed E-state index contributed by atoms with van der Waals surface area (Å²) in [6.07, 6.45) is 1.11. The molecule has 0 saturated carbocycles. The van der Waals surface area contributed by atoms with Gasteiger partial charge >= 0.3 is 6.36 Å². The highest BCUT2D eigenvalue weighted by Crippen LogP contribution is 2.25. The molecule has 0 unspecified atom stereocenters. The van der Waals surface area contributed by atoms with Crippen molar-refractivity contribution in [3.8, 4) is 28.8 Å². The third kappa shape index (κ3) is 7.05. The number of hydrogen-bond acceptors (Lipinski definition) is 4. The molecule has 1 aromatic heterocycles. The fraction of sp³-hybridized carbons (Fsp3) is 0.435. The molecular formula is C23H24F3NO3. The molecule has 1 aliphatic rings. The van der Waals surface area contributed by atoms with Crippen LogP contribution in [0, 0.1) is 17.8 Å². The van der Waals surface area contributed by atoms with Gasteiger partial charge in [-0.1, -0.05) is 32.1 Å². The number of halogens is 3. The molecule has 3 rings (SSSR count). The number of aromatic nitrogens is 1. The predicted octanol–water partition coefficient (Wildman–Crippen LogP) is 5.57. The van der Waals surface area contributed by atoms with Crippen LogP contribution in [0.1, 0.15) is 38.2 Å². The van der Waals surface area contributed by atoms with Gasteiger partial charge in [-0.05, 0) is 48.7 Å². The van der Waals surface area contributed by atoms with E-state index in [0.29, 0.717) is 36.0 Å². The predicted molar refractivity (Wildman–Crippen MR) is 107 cm³/mol. The highest BCUT2D eigenvalue weighted by molar-refractivity contribution is 5.60. The number of rotatable bonds is 6. The van der Waals surface area contributed by atoms with E-state index < -0.39 is 12.7 Å². The molecule has 1 aromatic carbocycles. The minimum Gasteiger partial charge on any atom is -0.406 e. The van der Waals surface area contributed by atoms with Crippen LogP contribution in [0.2, 0.25) is 0 Å². The average Bonchev–Trinajstić information content (AvgIpc) is 2.73. The Kier molecular flexibility index (Phi) is 7.72. The Morgan fingerprint density at radius 3 is 2.40 bits per heavy atom. The second kappa shape index (κ2) is 10.5. The van der Waals surface area contributed by atoms with Gasteiger partial charge in [0.15, 0.2) is 0 Å². The highest BCUT2D eigenvalue weighted by atomic mass is 19.4. The number of alkyl halides is 3. The Labute approximate surface area is 174 Å². The minimum absolute atomic E-state index is 0.270. The fourth-order valence-electron chi connectivity index (χ4n) is 3.08. The van der Waals surface area contributed by atoms with Gasteiger partial charge in [0.05, 0.1) is 18.9 Å². The molecule has 0 aliphatic carbocycles. The zero-order chi connectivity index (χ0) is 21.4. The number of nitrogens with zero attached hydrogens (tertiary/aromatic N) is 1. The third-order valence-corrected chi connectivity index (χ3v) is 4.66. The molecule has 0 radical (unpaired) electrons. The van der Waals surface area contributed by atoms with Gasteiger partial charge in [0.2, 0.25) is 6.29 Å². The van der Waals surface area contributed by atoms with Gasteiger partial charge < -0.3 is 14.2 Å². The van der Waals surface area contributed by atoms with Crippen LogP contribution in [0.5, 0.6) is 5.75 Å². The minimum atomic E-state index is -4.71. The van der Waals surface area contributed by atoms with Gasteiger partial charge in [-0.3, -0.25) is 4.98 Å². The van der Waals surface area contributed by atoms with Crippen LogP contribution < -0.4 is 4.74 Å². The number of ether oxygens (including phenoxy) is 3. The zero-order valence-corrected chi connectivity index (χ0v) is 16.7. The summed E-state index contributed by atoms with van der Waals surface area (Å²) in [6.45, 7) is 3.51. The van der Waals surface area contributed by atoms with E-state index in [1.54, 1.807) is 18.3 Å². The standard InChI is InChI=1S/C23H24F3NO3/c1-2-3-4-5-18-15-28-22(29-16-18)13-7-17-6-12-21(27-14-17)19-8-10-20(11-9-19)30-23(24,25)26/h6,8-12,14,18,22H,2-5,15-16H2,1H3. The first-order chi connectivity index (χ1) is 14.4. The third-order valence-electron chi connectivity index (χ3n) is 4.66. The quantitative estimate of drug-likeness (QED) is 0.454. The smallest absolute Gasteiger partial charge is 0.406 e. The van der Waals surface area contributed by atoms with E-state index in [1.807, 2.05) is 0 Å². The van der Waals surface area contributed by atoms with Gasteiger partial charge in [0.1, 0.15) is 5.75 Å². The van der Waals surface area contributed by atoms with Crippen LogP contribution in [0.25, 0.3) is 11.3 Å². The molecule has 2 aromatic rings. The van der Waals surface area contributed by atoms with Crippen molar-refractivity contribution >= 4 is 0 Å². The lowest BCUT2D eigenvalue weighted by Gasteiger charge is -2.26. The number of pyridine rings is 1. The van der Waals surface area contributed by atoms with Crippen molar-refractivity contribution in [2.45, 2.75) is 45.3 Å². The van der Waals surface area contributed by atoms with Crippen molar-refractivity contribution in [3.63, 3.8) is 0 Å². The van der Waals surface area contributed by atoms with Crippen molar-refractivity contribution in [1.82, 2.24) is 4.98 Å². The van der Waals surface area contributed by atoms with Crippen molar-refractivity contribution < 1.29 is 27.4 Å². The van der Waals surface area contributed by atoms with E-state index in [2.05, 4.69) is 28.5 Å². The van der Waals surface area contributed by atoms with Crippen LogP contribution >= 0.6 is 0 Å². The summed E-state index contributed by atoms with van der Waals surface area (Å²) >= 11 is 0. The fourth-order valence-corrected chi connectivity index (χ4v) is 3.08. The first-order valence-corrected chi connectivity index (χ1v) is 10.00. The Hall–Kier alpha value is -2.56. The summed E-state index contributed by atoms with van der Waals surface area (Å²) in [6, 6.07) is 9.11. The van der Waals surface area contributed by atoms with Crippen molar-refractivity contribution in [3.05, 3.63) is 48.2 Å². The lowest BCUT2D eigenvalue weighted by atomic mass is 10.0. The SMILES string of the molecule is CCCCCC1COC(C#Cc2ccc(-c3ccc(OC(F)(F)F)cc3)nc2)OC1. The van der Waals surface area contributed by atoms with E-state index in [-0.39, 0.29) is 5.75 Å². The van der Waals surface area contributed by atoms with Crippen molar-refractivity contribution in [2.24, 2.45) is 5.92 Å². The van der Waals surface area contributed by atoms with E-state index in [4.69, 9.17) is 9.47 Å². The molecule has 0 spiro atoms. The van der Waals surface area contributed by atoms with Gasteiger partial charge in [0.25, 0.3) is 0 Å². The summed E-state index contributed by atoms with van der Waals surface area (Å²) in [7, 11) is 0. The van der Waals surface area contributed by atoms with Crippen LogP contribution in [0.4, 0.5) is 13.2 Å². The average molecular weight is 419 g/mol. The Balaban J connectivity index is 1.52. The normalized spacial score (nSPS) is 19.1. The summed E-state index contributed by atoms with van der Waals surface area (Å²) in [5, 5.41) is 0. The number of hydrogen-bond donors (Lipinski definition) is 0. The summed E-state index contributed by atoms with van der Waals surface area (Å²) in [5.74, 6) is 6.11. The van der Waals surface area contributed by atoms with Crippen molar-refractivity contribution in [1.29, 1.82) is 0 Å². The highest BCUT2D eigenvalue weighted by Gasteiger charge is 2.31. The van der Waals surface area contributed by atoms with E-state index in [0.717, 1.165) is 6.42 Å².